The zero-order valence-electron chi connectivity index (χ0n) is 4.95. The van der Waals surface area contributed by atoms with Crippen LogP contribution < -0.4 is 0 Å². The van der Waals surface area contributed by atoms with Crippen LogP contribution in [0, 0.1) is 6.07 Å². The van der Waals surface area contributed by atoms with Crippen LogP contribution in [-0.2, 0) is 0 Å². The number of hydrogen-bond donors (Lipinski definition) is 0. The third-order valence-electron chi connectivity index (χ3n) is 0.930. The Labute approximate surface area is 66.4 Å². The van der Waals surface area contributed by atoms with Gasteiger partial charge in [0.15, 0.2) is 0 Å². The van der Waals surface area contributed by atoms with Gasteiger partial charge in [0.25, 0.3) is 0 Å². The fraction of sp³-hybridized carbons (Fsp3) is 0. The molecule has 4 heteroatoms. The van der Waals surface area contributed by atoms with E-state index >= 15 is 0 Å². The number of nitrogens with zero attached hydrogens (tertiary/aromatic N) is 3. The molecule has 1 aromatic rings. The van der Waals surface area contributed by atoms with Gasteiger partial charge in [-0.05, 0) is 17.7 Å². The maximum atomic E-state index is 8.06. The van der Waals surface area contributed by atoms with Crippen molar-refractivity contribution in [3.8, 4) is 0 Å². The molecule has 0 saturated carbocycles. The normalized spacial score (nSPS) is 8.50. The van der Waals surface area contributed by atoms with E-state index in [1.807, 2.05) is 0 Å². The molecule has 0 fully saturated rings. The second-order valence-corrected chi connectivity index (χ2v) is 2.41. The van der Waals surface area contributed by atoms with Crippen molar-refractivity contribution in [1.82, 2.24) is 0 Å². The molecule has 0 spiro atoms. The summed E-state index contributed by atoms with van der Waals surface area (Å²) in [5.74, 6) is 0. The van der Waals surface area contributed by atoms with Crippen molar-refractivity contribution in [3.05, 3.63) is 39.2 Å². The lowest BCUT2D eigenvalue weighted by Crippen LogP contribution is -1.64. The maximum absolute atomic E-state index is 8.06. The molecule has 0 N–H and O–H groups in total. The van der Waals surface area contributed by atoms with E-state index in [0.717, 1.165) is 4.47 Å². The van der Waals surface area contributed by atoms with Gasteiger partial charge < -0.3 is 0 Å². The highest BCUT2D eigenvalue weighted by molar-refractivity contribution is 9.10. The van der Waals surface area contributed by atoms with E-state index in [0.29, 0.717) is 5.69 Å². The lowest BCUT2D eigenvalue weighted by molar-refractivity contribution is 1.44. The summed E-state index contributed by atoms with van der Waals surface area (Å²) in [6, 6.07) is 8.06. The van der Waals surface area contributed by atoms with Gasteiger partial charge in [0.05, 0.1) is 5.69 Å². The number of azide groups is 1. The topological polar surface area (TPSA) is 48.8 Å². The molecular formula is C6H3BrN3. The van der Waals surface area contributed by atoms with Gasteiger partial charge in [-0.2, -0.15) is 0 Å². The van der Waals surface area contributed by atoms with Crippen molar-refractivity contribution >= 4 is 21.6 Å². The molecule has 0 amide bonds. The van der Waals surface area contributed by atoms with Gasteiger partial charge in [0.2, 0.25) is 0 Å². The Hall–Kier alpha value is -0.990. The lowest BCUT2D eigenvalue weighted by atomic mass is 10.3. The molecule has 1 aromatic carbocycles. The first kappa shape index (κ1) is 7.12. The standard InChI is InChI=1S/C6H3BrN3/c7-5-3-1-2-4-6(5)9-10-8/h1-3H. The first-order valence-electron chi connectivity index (χ1n) is 2.56. The van der Waals surface area contributed by atoms with Gasteiger partial charge in [0, 0.05) is 9.38 Å². The van der Waals surface area contributed by atoms with Crippen molar-refractivity contribution in [2.75, 3.05) is 0 Å². The van der Waals surface area contributed by atoms with Gasteiger partial charge in [-0.25, -0.2) is 0 Å². The molecule has 0 bridgehead atoms. The molecule has 10 heavy (non-hydrogen) atoms. The smallest absolute Gasteiger partial charge is 0.0595 e. The minimum absolute atomic E-state index is 0.491. The van der Waals surface area contributed by atoms with Crippen LogP contribution in [0.2, 0.25) is 0 Å². The van der Waals surface area contributed by atoms with Gasteiger partial charge in [-0.15, -0.1) is 0 Å². The molecule has 0 unspecified atom stereocenters. The van der Waals surface area contributed by atoms with Crippen LogP contribution in [0.3, 0.4) is 0 Å². The zero-order chi connectivity index (χ0) is 7.40. The van der Waals surface area contributed by atoms with Gasteiger partial charge >= 0.3 is 0 Å². The van der Waals surface area contributed by atoms with Gasteiger partial charge in [0.1, 0.15) is 0 Å². The molecule has 1 rings (SSSR count). The van der Waals surface area contributed by atoms with Crippen LogP contribution in [0.5, 0.6) is 0 Å². The minimum atomic E-state index is 0.491. The highest BCUT2D eigenvalue weighted by atomic mass is 79.9. The minimum Gasteiger partial charge on any atom is -0.0605 e. The van der Waals surface area contributed by atoms with Crippen molar-refractivity contribution in [2.24, 2.45) is 5.11 Å². The Morgan fingerprint density at radius 3 is 3.10 bits per heavy atom. The Kier molecular flexibility index (Phi) is 2.31. The third kappa shape index (κ3) is 1.50. The molecule has 0 atom stereocenters. The zero-order valence-corrected chi connectivity index (χ0v) is 6.54. The van der Waals surface area contributed by atoms with Crippen LogP contribution in [0.1, 0.15) is 0 Å². The number of benzene rings is 1. The fourth-order valence-corrected chi connectivity index (χ4v) is 0.875. The molecule has 0 saturated heterocycles. The molecule has 0 aliphatic heterocycles. The van der Waals surface area contributed by atoms with E-state index in [2.05, 4.69) is 32.0 Å². The summed E-state index contributed by atoms with van der Waals surface area (Å²) in [6.07, 6.45) is 0. The third-order valence-corrected chi connectivity index (χ3v) is 1.57. The van der Waals surface area contributed by atoms with Crippen LogP contribution >= 0.6 is 15.9 Å². The van der Waals surface area contributed by atoms with E-state index in [4.69, 9.17) is 5.53 Å². The van der Waals surface area contributed by atoms with E-state index in [9.17, 15) is 0 Å². The van der Waals surface area contributed by atoms with Crippen molar-refractivity contribution < 1.29 is 0 Å². The second kappa shape index (κ2) is 3.25. The van der Waals surface area contributed by atoms with Crippen molar-refractivity contribution in [2.45, 2.75) is 0 Å². The van der Waals surface area contributed by atoms with E-state index in [-0.39, 0.29) is 0 Å². The SMILES string of the molecule is [N-]=[N+]=Nc1[c]cccc1Br. The molecule has 0 aromatic heterocycles. The highest BCUT2D eigenvalue weighted by Gasteiger charge is 1.91. The Morgan fingerprint density at radius 2 is 2.50 bits per heavy atom. The van der Waals surface area contributed by atoms with Gasteiger partial charge in [-0.3, -0.25) is 0 Å². The summed E-state index contributed by atoms with van der Waals surface area (Å²) in [5.41, 5.74) is 8.55. The average molecular weight is 197 g/mol. The summed E-state index contributed by atoms with van der Waals surface area (Å²) in [5, 5.41) is 3.38. The first-order chi connectivity index (χ1) is 4.84. The molecule has 3 nitrogen and oxygen atoms in total. The van der Waals surface area contributed by atoms with E-state index in [1.165, 1.54) is 0 Å². The van der Waals surface area contributed by atoms with Gasteiger partial charge in [-0.1, -0.05) is 33.2 Å². The predicted molar refractivity (Wildman–Crippen MR) is 41.8 cm³/mol. The molecular weight excluding hydrogens is 194 g/mol. The lowest BCUT2D eigenvalue weighted by Gasteiger charge is -1.91. The molecule has 1 radical (unpaired) electrons. The Morgan fingerprint density at radius 1 is 1.70 bits per heavy atom. The number of rotatable bonds is 1. The van der Waals surface area contributed by atoms with Crippen molar-refractivity contribution in [1.29, 1.82) is 0 Å². The average Bonchev–Trinajstić information content (AvgIpc) is 1.94. The summed E-state index contributed by atoms with van der Waals surface area (Å²) < 4.78 is 0.757. The van der Waals surface area contributed by atoms with Crippen LogP contribution in [-0.4, -0.2) is 0 Å². The largest absolute Gasteiger partial charge is 0.0605 e. The maximum Gasteiger partial charge on any atom is 0.0595 e. The first-order valence-corrected chi connectivity index (χ1v) is 3.35. The molecule has 49 valence electrons. The Bertz CT molecular complexity index is 278. The van der Waals surface area contributed by atoms with Crippen LogP contribution in [0.15, 0.2) is 27.8 Å². The second-order valence-electron chi connectivity index (χ2n) is 1.56. The molecule has 0 heterocycles. The number of hydrogen-bond acceptors (Lipinski definition) is 1. The molecule has 0 aliphatic rings. The van der Waals surface area contributed by atoms with Crippen molar-refractivity contribution in [3.63, 3.8) is 0 Å². The molecule has 0 aliphatic carbocycles. The summed E-state index contributed by atoms with van der Waals surface area (Å²) >= 11 is 3.20. The van der Waals surface area contributed by atoms with E-state index < -0.39 is 0 Å². The Balaban J connectivity index is 3.14. The van der Waals surface area contributed by atoms with Crippen LogP contribution in [0.4, 0.5) is 5.69 Å². The summed E-state index contributed by atoms with van der Waals surface area (Å²) in [7, 11) is 0. The quantitative estimate of drug-likeness (QED) is 0.377. The highest BCUT2D eigenvalue weighted by Crippen LogP contribution is 2.23. The van der Waals surface area contributed by atoms with Crippen LogP contribution in [0.25, 0.3) is 10.4 Å². The monoisotopic (exact) mass is 196 g/mol. The van der Waals surface area contributed by atoms with E-state index in [1.54, 1.807) is 18.2 Å². The summed E-state index contributed by atoms with van der Waals surface area (Å²) in [6.45, 7) is 0. The summed E-state index contributed by atoms with van der Waals surface area (Å²) in [4.78, 5) is 2.63. The fourth-order valence-electron chi connectivity index (χ4n) is 0.529. The predicted octanol–water partition coefficient (Wildman–Crippen LogP) is 3.19. The number of halogens is 1.